The van der Waals surface area contributed by atoms with Crippen LogP contribution in [0.4, 0.5) is 4.39 Å². The van der Waals surface area contributed by atoms with Gasteiger partial charge in [0.15, 0.2) is 6.29 Å². The number of rotatable bonds is 2. The van der Waals surface area contributed by atoms with Crippen molar-refractivity contribution in [3.8, 4) is 11.3 Å². The van der Waals surface area contributed by atoms with Crippen LogP contribution in [0.2, 0.25) is 0 Å². The van der Waals surface area contributed by atoms with Crippen molar-refractivity contribution in [2.45, 2.75) is 6.92 Å². The van der Waals surface area contributed by atoms with Crippen molar-refractivity contribution >= 4 is 17.3 Å². The van der Waals surface area contributed by atoms with Crippen molar-refractivity contribution in [2.24, 2.45) is 0 Å². The van der Waals surface area contributed by atoms with Gasteiger partial charge in [0.05, 0.1) is 5.56 Å². The lowest BCUT2D eigenvalue weighted by Gasteiger charge is -1.98. The SMILES string of the molecule is Cc1ccc2oc(-c3ccc(C=O)c(F)c3)cc2c1. The number of benzene rings is 2. The van der Waals surface area contributed by atoms with Gasteiger partial charge in [0.1, 0.15) is 17.2 Å². The van der Waals surface area contributed by atoms with E-state index in [0.29, 0.717) is 17.6 Å². The number of carbonyl (C=O) groups is 1. The Labute approximate surface area is 109 Å². The van der Waals surface area contributed by atoms with E-state index in [-0.39, 0.29) is 5.56 Å². The third kappa shape index (κ3) is 2.03. The van der Waals surface area contributed by atoms with Crippen molar-refractivity contribution in [1.29, 1.82) is 0 Å². The molecule has 2 nitrogen and oxygen atoms in total. The van der Waals surface area contributed by atoms with E-state index in [1.54, 1.807) is 6.07 Å². The van der Waals surface area contributed by atoms with Crippen LogP contribution in [0.15, 0.2) is 46.9 Å². The second kappa shape index (κ2) is 4.35. The molecule has 19 heavy (non-hydrogen) atoms. The summed E-state index contributed by atoms with van der Waals surface area (Å²) in [4.78, 5) is 10.6. The number of carbonyl (C=O) groups excluding carboxylic acids is 1. The van der Waals surface area contributed by atoms with Gasteiger partial charge in [0, 0.05) is 10.9 Å². The predicted molar refractivity (Wildman–Crippen MR) is 71.7 cm³/mol. The van der Waals surface area contributed by atoms with Gasteiger partial charge in [-0.25, -0.2) is 4.39 Å². The molecule has 3 heteroatoms. The average molecular weight is 254 g/mol. The van der Waals surface area contributed by atoms with Gasteiger partial charge in [0.2, 0.25) is 0 Å². The summed E-state index contributed by atoms with van der Waals surface area (Å²) in [7, 11) is 0. The molecule has 1 aromatic heterocycles. The van der Waals surface area contributed by atoms with Gasteiger partial charge in [-0.05, 0) is 37.3 Å². The summed E-state index contributed by atoms with van der Waals surface area (Å²) in [5, 5.41) is 0.981. The number of furan rings is 1. The summed E-state index contributed by atoms with van der Waals surface area (Å²) in [5.74, 6) is 0.0566. The molecule has 0 bridgehead atoms. The molecule has 0 aliphatic heterocycles. The first-order valence-corrected chi connectivity index (χ1v) is 5.93. The lowest BCUT2D eigenvalue weighted by molar-refractivity contribution is 0.112. The summed E-state index contributed by atoms with van der Waals surface area (Å²) in [6.45, 7) is 2.00. The minimum Gasteiger partial charge on any atom is -0.456 e. The Morgan fingerprint density at radius 2 is 1.95 bits per heavy atom. The number of fused-ring (bicyclic) bond motifs is 1. The molecule has 0 aliphatic carbocycles. The van der Waals surface area contributed by atoms with E-state index in [0.717, 1.165) is 16.5 Å². The van der Waals surface area contributed by atoms with Crippen molar-refractivity contribution in [1.82, 2.24) is 0 Å². The molecule has 0 saturated heterocycles. The van der Waals surface area contributed by atoms with E-state index in [1.165, 1.54) is 12.1 Å². The highest BCUT2D eigenvalue weighted by Gasteiger charge is 2.09. The Morgan fingerprint density at radius 3 is 2.68 bits per heavy atom. The molecule has 3 rings (SSSR count). The van der Waals surface area contributed by atoms with Gasteiger partial charge < -0.3 is 4.42 Å². The number of halogens is 1. The van der Waals surface area contributed by atoms with E-state index in [9.17, 15) is 9.18 Å². The molecule has 94 valence electrons. The molecule has 2 aromatic carbocycles. The molecule has 0 fully saturated rings. The van der Waals surface area contributed by atoms with Crippen LogP contribution in [0.25, 0.3) is 22.3 Å². The molecule has 3 aromatic rings. The van der Waals surface area contributed by atoms with Gasteiger partial charge >= 0.3 is 0 Å². The van der Waals surface area contributed by atoms with Crippen LogP contribution in [0.3, 0.4) is 0 Å². The fourth-order valence-electron chi connectivity index (χ4n) is 2.08. The average Bonchev–Trinajstić information content (AvgIpc) is 2.81. The van der Waals surface area contributed by atoms with Crippen LogP contribution in [-0.4, -0.2) is 6.29 Å². The minimum absolute atomic E-state index is 0.0516. The van der Waals surface area contributed by atoms with E-state index in [1.807, 2.05) is 31.2 Å². The number of hydrogen-bond acceptors (Lipinski definition) is 2. The molecule has 0 atom stereocenters. The van der Waals surface area contributed by atoms with Crippen LogP contribution in [0.1, 0.15) is 15.9 Å². The maximum Gasteiger partial charge on any atom is 0.152 e. The molecule has 0 unspecified atom stereocenters. The zero-order valence-corrected chi connectivity index (χ0v) is 10.3. The Kier molecular flexibility index (Phi) is 2.67. The zero-order valence-electron chi connectivity index (χ0n) is 10.3. The second-order valence-corrected chi connectivity index (χ2v) is 4.51. The second-order valence-electron chi connectivity index (χ2n) is 4.51. The van der Waals surface area contributed by atoms with Crippen molar-refractivity contribution < 1.29 is 13.6 Å². The van der Waals surface area contributed by atoms with E-state index < -0.39 is 5.82 Å². The summed E-state index contributed by atoms with van der Waals surface area (Å²) in [6.07, 6.45) is 0.501. The molecule has 0 saturated carbocycles. The quantitative estimate of drug-likeness (QED) is 0.636. The standard InChI is InChI=1S/C16H11FO2/c1-10-2-5-15-13(6-10)8-16(19-15)11-3-4-12(9-18)14(17)7-11/h2-9H,1H3. The van der Waals surface area contributed by atoms with Crippen LogP contribution in [-0.2, 0) is 0 Å². The highest BCUT2D eigenvalue weighted by molar-refractivity contribution is 5.84. The molecule has 0 aliphatic rings. The fourth-order valence-corrected chi connectivity index (χ4v) is 2.08. The van der Waals surface area contributed by atoms with Gasteiger partial charge in [-0.2, -0.15) is 0 Å². The first-order valence-electron chi connectivity index (χ1n) is 5.93. The Balaban J connectivity index is 2.13. The first-order chi connectivity index (χ1) is 9.17. The van der Waals surface area contributed by atoms with Crippen LogP contribution < -0.4 is 0 Å². The minimum atomic E-state index is -0.538. The Hall–Kier alpha value is -2.42. The summed E-state index contributed by atoms with van der Waals surface area (Å²) >= 11 is 0. The number of aryl methyl sites for hydroxylation is 1. The zero-order chi connectivity index (χ0) is 13.4. The highest BCUT2D eigenvalue weighted by atomic mass is 19.1. The fraction of sp³-hybridized carbons (Fsp3) is 0.0625. The number of aldehydes is 1. The largest absolute Gasteiger partial charge is 0.456 e. The predicted octanol–water partition coefficient (Wildman–Crippen LogP) is 4.36. The molecular weight excluding hydrogens is 243 g/mol. The first kappa shape index (κ1) is 11.7. The maximum absolute atomic E-state index is 13.6. The summed E-state index contributed by atoms with van der Waals surface area (Å²) in [6, 6.07) is 12.2. The Morgan fingerprint density at radius 1 is 1.11 bits per heavy atom. The third-order valence-corrected chi connectivity index (χ3v) is 3.08. The summed E-state index contributed by atoms with van der Waals surface area (Å²) < 4.78 is 19.3. The smallest absolute Gasteiger partial charge is 0.152 e. The van der Waals surface area contributed by atoms with Crippen molar-refractivity contribution in [3.05, 3.63) is 59.4 Å². The molecular formula is C16H11FO2. The van der Waals surface area contributed by atoms with Crippen LogP contribution in [0.5, 0.6) is 0 Å². The molecule has 0 radical (unpaired) electrons. The van der Waals surface area contributed by atoms with Crippen LogP contribution in [0, 0.1) is 12.7 Å². The van der Waals surface area contributed by atoms with Gasteiger partial charge in [-0.15, -0.1) is 0 Å². The van der Waals surface area contributed by atoms with Gasteiger partial charge in [0.25, 0.3) is 0 Å². The van der Waals surface area contributed by atoms with E-state index in [2.05, 4.69) is 0 Å². The van der Waals surface area contributed by atoms with E-state index >= 15 is 0 Å². The third-order valence-electron chi connectivity index (χ3n) is 3.08. The summed E-state index contributed by atoms with van der Waals surface area (Å²) in [5.41, 5.74) is 2.58. The Bertz CT molecular complexity index is 772. The molecule has 0 spiro atoms. The number of hydrogen-bond donors (Lipinski definition) is 0. The normalized spacial score (nSPS) is 10.8. The van der Waals surface area contributed by atoms with E-state index in [4.69, 9.17) is 4.42 Å². The van der Waals surface area contributed by atoms with Crippen molar-refractivity contribution in [2.75, 3.05) is 0 Å². The van der Waals surface area contributed by atoms with Crippen molar-refractivity contribution in [3.63, 3.8) is 0 Å². The van der Waals surface area contributed by atoms with Gasteiger partial charge in [-0.1, -0.05) is 17.7 Å². The maximum atomic E-state index is 13.6. The monoisotopic (exact) mass is 254 g/mol. The van der Waals surface area contributed by atoms with Crippen LogP contribution >= 0.6 is 0 Å². The lowest BCUT2D eigenvalue weighted by Crippen LogP contribution is -1.87. The molecule has 0 N–H and O–H groups in total. The molecule has 0 amide bonds. The van der Waals surface area contributed by atoms with Gasteiger partial charge in [-0.3, -0.25) is 4.79 Å². The topological polar surface area (TPSA) is 30.2 Å². The highest BCUT2D eigenvalue weighted by Crippen LogP contribution is 2.29. The molecule has 1 heterocycles. The lowest BCUT2D eigenvalue weighted by atomic mass is 10.1.